The van der Waals surface area contributed by atoms with E-state index in [1.54, 1.807) is 76.4 Å². The predicted molar refractivity (Wildman–Crippen MR) is 281 cm³/mol. The zero-order valence-corrected chi connectivity index (χ0v) is 41.3. The van der Waals surface area contributed by atoms with Crippen LogP contribution in [0.3, 0.4) is 0 Å². The number of carbonyl (C=O) groups excluding carboxylic acids is 3. The van der Waals surface area contributed by atoms with Crippen molar-refractivity contribution in [3.63, 3.8) is 0 Å². The van der Waals surface area contributed by atoms with Crippen LogP contribution in [-0.4, -0.2) is 68.3 Å². The molecule has 0 saturated carbocycles. The van der Waals surface area contributed by atoms with Crippen molar-refractivity contribution in [2.75, 3.05) is 21.7 Å². The van der Waals surface area contributed by atoms with Gasteiger partial charge in [0, 0.05) is 79.9 Å². The van der Waals surface area contributed by atoms with E-state index in [0.717, 1.165) is 53.2 Å². The van der Waals surface area contributed by atoms with Gasteiger partial charge in [0.15, 0.2) is 0 Å². The number of aliphatic carboxylic acids is 1. The first kappa shape index (κ1) is 53.8. The van der Waals surface area contributed by atoms with Crippen molar-refractivity contribution in [3.05, 3.63) is 199 Å². The van der Waals surface area contributed by atoms with Gasteiger partial charge in [0.25, 0.3) is 11.1 Å². The number of hydrogen-bond donors (Lipinski definition) is 5. The fourth-order valence-corrected chi connectivity index (χ4v) is 8.34. The van der Waals surface area contributed by atoms with Crippen LogP contribution in [-0.2, 0) is 70.8 Å². The summed E-state index contributed by atoms with van der Waals surface area (Å²) in [4.78, 5) is 79.2. The summed E-state index contributed by atoms with van der Waals surface area (Å²) < 4.78 is 3.26. The van der Waals surface area contributed by atoms with E-state index in [-0.39, 0.29) is 54.5 Å². The first-order valence-electron chi connectivity index (χ1n) is 23.2. The summed E-state index contributed by atoms with van der Waals surface area (Å²) in [6, 6.07) is 36.0. The summed E-state index contributed by atoms with van der Waals surface area (Å²) in [6.45, 7) is 1.18. The van der Waals surface area contributed by atoms with Crippen LogP contribution in [0.2, 0.25) is 0 Å². The number of carboxylic acid groups (broad SMARTS) is 1. The van der Waals surface area contributed by atoms with Crippen LogP contribution >= 0.6 is 22.7 Å². The minimum atomic E-state index is -0.848. The molecule has 0 atom stereocenters. The average molecular weight is 1020 g/mol. The number of amides is 3. The Bertz CT molecular complexity index is 3120. The van der Waals surface area contributed by atoms with Gasteiger partial charge in [-0.2, -0.15) is 0 Å². The fourth-order valence-electron chi connectivity index (χ4n) is 6.89. The Morgan fingerprint density at radius 3 is 1.44 bits per heavy atom. The number of carbonyl (C=O) groups is 4. The molecule has 0 aliphatic carbocycles. The second-order valence-electron chi connectivity index (χ2n) is 16.2. The molecule has 0 radical (unpaired) electrons. The molecular formula is C52H54N12O7S2. The lowest BCUT2D eigenvalue weighted by atomic mass is 10.1. The van der Waals surface area contributed by atoms with Crippen molar-refractivity contribution in [2.24, 2.45) is 0 Å². The summed E-state index contributed by atoms with van der Waals surface area (Å²) >= 11 is 2.74. The SMILES string of the molecule is Nc1nnc(CCCCn2ccc(NC(=O)Cc3ccccc3)cc2=O)s1.O=C(Cc1ccccc1)Nc1ccn(CCCCc2nnc(NC(=O)Cc3ccccn3)s2)c(=O)c1.O=C(O)Cc1ccccn1. The first-order valence-corrected chi connectivity index (χ1v) is 24.9. The second kappa shape index (κ2) is 28.9. The normalized spacial score (nSPS) is 10.5. The average Bonchev–Trinajstić information content (AvgIpc) is 4.01. The monoisotopic (exact) mass is 1020 g/mol. The summed E-state index contributed by atoms with van der Waals surface area (Å²) in [7, 11) is 0. The molecule has 0 aliphatic heterocycles. The number of hydrogen-bond acceptors (Lipinski definition) is 15. The Hall–Kier alpha value is -8.56. The third-order valence-corrected chi connectivity index (χ3v) is 12.1. The largest absolute Gasteiger partial charge is 0.481 e. The topological polar surface area (TPSA) is 272 Å². The van der Waals surface area contributed by atoms with Gasteiger partial charge in [-0.05, 0) is 73.2 Å². The third-order valence-electron chi connectivity index (χ3n) is 10.4. The maximum Gasteiger partial charge on any atom is 0.309 e. The van der Waals surface area contributed by atoms with E-state index >= 15 is 0 Å². The highest BCUT2D eigenvalue weighted by atomic mass is 32.1. The number of nitrogens with one attached hydrogen (secondary N) is 3. The minimum Gasteiger partial charge on any atom is -0.481 e. The number of nitrogen functional groups attached to an aromatic ring is 1. The zero-order valence-electron chi connectivity index (χ0n) is 39.7. The second-order valence-corrected chi connectivity index (χ2v) is 18.4. The van der Waals surface area contributed by atoms with Crippen LogP contribution in [0.1, 0.15) is 58.2 Å². The molecule has 0 saturated heterocycles. The lowest BCUT2D eigenvalue weighted by Crippen LogP contribution is -2.21. The number of anilines is 4. The molecule has 0 aliphatic rings. The van der Waals surface area contributed by atoms with E-state index in [1.807, 2.05) is 66.7 Å². The highest BCUT2D eigenvalue weighted by Gasteiger charge is 2.11. The van der Waals surface area contributed by atoms with Crippen molar-refractivity contribution in [2.45, 2.75) is 77.3 Å². The van der Waals surface area contributed by atoms with Gasteiger partial charge < -0.3 is 35.9 Å². The smallest absolute Gasteiger partial charge is 0.309 e. The fraction of sp³-hybridized carbons (Fsp3) is 0.231. The molecule has 8 aromatic rings. The number of aromatic nitrogens is 8. The molecule has 0 fully saturated rings. The first-order chi connectivity index (χ1) is 35.4. The van der Waals surface area contributed by atoms with Crippen LogP contribution < -0.4 is 32.8 Å². The van der Waals surface area contributed by atoms with E-state index in [9.17, 15) is 28.8 Å². The highest BCUT2D eigenvalue weighted by Crippen LogP contribution is 2.18. The number of rotatable bonds is 21. The lowest BCUT2D eigenvalue weighted by Gasteiger charge is -2.08. The number of nitrogens with zero attached hydrogens (tertiary/aromatic N) is 8. The molecule has 6 aromatic heterocycles. The summed E-state index contributed by atoms with van der Waals surface area (Å²) in [5, 5.41) is 35.3. The Balaban J connectivity index is 0.000000205. The summed E-state index contributed by atoms with van der Waals surface area (Å²) in [6.07, 6.45) is 12.2. The Kier molecular flexibility index (Phi) is 21.3. The van der Waals surface area contributed by atoms with Gasteiger partial charge in [-0.25, -0.2) is 0 Å². The van der Waals surface area contributed by atoms with Crippen LogP contribution in [0.4, 0.5) is 21.6 Å². The molecule has 19 nitrogen and oxygen atoms in total. The van der Waals surface area contributed by atoms with Crippen LogP contribution in [0.15, 0.2) is 156 Å². The standard InChI is InChI=1S/C26H26N6O3S.C19H21N5O2S.C7H7NO2/c33-22(16-19-8-2-1-3-9-19)28-21-12-15-32(25(35)18-21)14-7-5-11-24-30-31-26(36-24)29-23(34)17-20-10-4-6-13-27-20;20-19-23-22-17(27-19)8-4-5-10-24-11-9-15(13-18(24)26)21-16(25)12-14-6-2-1-3-7-14;9-7(10)5-6-3-1-2-4-8-6/h1-4,6,8-10,12-13,15,18H,5,7,11,14,16-17H2,(H,28,33)(H,29,31,34);1-3,6-7,9,11,13H,4-5,8,10,12H2,(H2,20,23)(H,21,25);1-4H,5H2,(H,9,10). The molecule has 376 valence electrons. The number of nitrogens with two attached hydrogens (primary N) is 1. The number of carboxylic acids is 1. The van der Waals surface area contributed by atoms with Crippen molar-refractivity contribution >= 4 is 68.0 Å². The molecule has 73 heavy (non-hydrogen) atoms. The molecular weight excluding hydrogens is 969 g/mol. The van der Waals surface area contributed by atoms with Gasteiger partial charge in [0.05, 0.1) is 31.4 Å². The van der Waals surface area contributed by atoms with Crippen molar-refractivity contribution < 1.29 is 24.3 Å². The number of pyridine rings is 4. The molecule has 3 amide bonds. The van der Waals surface area contributed by atoms with Crippen LogP contribution in [0.25, 0.3) is 0 Å². The van der Waals surface area contributed by atoms with Gasteiger partial charge in [-0.15, -0.1) is 20.4 Å². The summed E-state index contributed by atoms with van der Waals surface area (Å²) in [5.74, 6) is -1.34. The van der Waals surface area contributed by atoms with Gasteiger partial charge >= 0.3 is 5.97 Å². The van der Waals surface area contributed by atoms with Crippen LogP contribution in [0.5, 0.6) is 0 Å². The van der Waals surface area contributed by atoms with Crippen molar-refractivity contribution in [1.82, 2.24) is 39.5 Å². The van der Waals surface area contributed by atoms with Gasteiger partial charge in [-0.1, -0.05) is 95.5 Å². The van der Waals surface area contributed by atoms with E-state index in [4.69, 9.17) is 10.8 Å². The molecule has 0 unspecified atom stereocenters. The van der Waals surface area contributed by atoms with E-state index in [0.29, 0.717) is 52.5 Å². The Labute approximate surface area is 428 Å². The lowest BCUT2D eigenvalue weighted by molar-refractivity contribution is -0.136. The maximum atomic E-state index is 12.4. The molecule has 8 rings (SSSR count). The number of unbranched alkanes of at least 4 members (excludes halogenated alkanes) is 2. The van der Waals surface area contributed by atoms with E-state index in [2.05, 4.69) is 46.3 Å². The van der Waals surface area contributed by atoms with Gasteiger partial charge in [0.2, 0.25) is 28.0 Å². The molecule has 21 heteroatoms. The third kappa shape index (κ3) is 20.0. The van der Waals surface area contributed by atoms with E-state index in [1.165, 1.54) is 34.8 Å². The summed E-state index contributed by atoms with van der Waals surface area (Å²) in [5.41, 5.74) is 9.39. The minimum absolute atomic E-state index is 0.000833. The predicted octanol–water partition coefficient (Wildman–Crippen LogP) is 6.67. The number of benzene rings is 2. The van der Waals surface area contributed by atoms with Gasteiger partial charge in [-0.3, -0.25) is 38.7 Å². The number of aryl methyl sites for hydroxylation is 4. The molecule has 6 N–H and O–H groups in total. The molecule has 0 bridgehead atoms. The molecule has 0 spiro atoms. The molecule has 6 heterocycles. The highest BCUT2D eigenvalue weighted by molar-refractivity contribution is 7.15. The zero-order chi connectivity index (χ0) is 51.6. The Morgan fingerprint density at radius 1 is 0.521 bits per heavy atom. The van der Waals surface area contributed by atoms with E-state index < -0.39 is 5.97 Å². The Morgan fingerprint density at radius 2 is 0.986 bits per heavy atom. The van der Waals surface area contributed by atoms with Crippen LogP contribution in [0, 0.1) is 0 Å². The molecule has 2 aromatic carbocycles. The van der Waals surface area contributed by atoms with Gasteiger partial charge in [0.1, 0.15) is 10.0 Å². The quantitative estimate of drug-likeness (QED) is 0.0470. The van der Waals surface area contributed by atoms with Crippen molar-refractivity contribution in [3.8, 4) is 0 Å². The van der Waals surface area contributed by atoms with Crippen molar-refractivity contribution in [1.29, 1.82) is 0 Å². The maximum absolute atomic E-state index is 12.4.